The van der Waals surface area contributed by atoms with E-state index in [1.165, 1.54) is 25.7 Å². The molecule has 0 aliphatic heterocycles. The van der Waals surface area contributed by atoms with Gasteiger partial charge in [-0.2, -0.15) is 13.2 Å². The summed E-state index contributed by atoms with van der Waals surface area (Å²) in [5.74, 6) is 0.0992. The van der Waals surface area contributed by atoms with Crippen molar-refractivity contribution in [2.45, 2.75) is 37.9 Å². The third kappa shape index (κ3) is 4.71. The van der Waals surface area contributed by atoms with Crippen LogP contribution in [0.1, 0.15) is 31.4 Å². The highest BCUT2D eigenvalue weighted by atomic mass is 35.5. The molecule has 0 unspecified atom stereocenters. The fourth-order valence-electron chi connectivity index (χ4n) is 2.54. The second-order valence-electron chi connectivity index (χ2n) is 5.25. The Labute approximate surface area is 126 Å². The molecule has 21 heavy (non-hydrogen) atoms. The minimum Gasteiger partial charge on any atom is -0.369 e. The van der Waals surface area contributed by atoms with E-state index in [1.807, 2.05) is 7.05 Å². The zero-order valence-corrected chi connectivity index (χ0v) is 12.5. The van der Waals surface area contributed by atoms with Gasteiger partial charge in [0.15, 0.2) is 5.69 Å². The van der Waals surface area contributed by atoms with Crippen molar-refractivity contribution >= 4 is 17.4 Å². The first-order valence-corrected chi connectivity index (χ1v) is 7.30. The largest absolute Gasteiger partial charge is 0.433 e. The Balaban J connectivity index is 1.89. The Hall–Kier alpha value is -1.08. The van der Waals surface area contributed by atoms with Crippen LogP contribution in [0.2, 0.25) is 5.28 Å². The molecule has 4 nitrogen and oxygen atoms in total. The number of hydrogen-bond donors (Lipinski definition) is 1. The van der Waals surface area contributed by atoms with Crippen LogP contribution in [0.3, 0.4) is 0 Å². The minimum atomic E-state index is -4.52. The Kier molecular flexibility index (Phi) is 5.27. The van der Waals surface area contributed by atoms with Gasteiger partial charge in [0.1, 0.15) is 5.82 Å². The van der Waals surface area contributed by atoms with E-state index in [0.717, 1.165) is 12.6 Å². The van der Waals surface area contributed by atoms with Gasteiger partial charge in [0.2, 0.25) is 5.28 Å². The highest BCUT2D eigenvalue weighted by molar-refractivity contribution is 6.28. The molecule has 1 heterocycles. The lowest BCUT2D eigenvalue weighted by molar-refractivity contribution is -0.141. The van der Waals surface area contributed by atoms with E-state index in [4.69, 9.17) is 11.6 Å². The number of halogens is 4. The molecule has 0 spiro atoms. The summed E-state index contributed by atoms with van der Waals surface area (Å²) in [4.78, 5) is 9.19. The van der Waals surface area contributed by atoms with Crippen LogP contribution in [0.25, 0.3) is 0 Å². The van der Waals surface area contributed by atoms with Crippen molar-refractivity contribution in [1.82, 2.24) is 14.9 Å². The molecule has 1 aromatic rings. The Morgan fingerprint density at radius 3 is 2.62 bits per heavy atom. The van der Waals surface area contributed by atoms with Crippen LogP contribution in [0.15, 0.2) is 6.07 Å². The second-order valence-corrected chi connectivity index (χ2v) is 5.59. The number of aromatic nitrogens is 2. The average Bonchev–Trinajstić information content (AvgIpc) is 2.90. The summed E-state index contributed by atoms with van der Waals surface area (Å²) in [5, 5.41) is 2.47. The number of alkyl halides is 3. The lowest BCUT2D eigenvalue weighted by atomic mass is 10.2. The van der Waals surface area contributed by atoms with Crippen molar-refractivity contribution in [3.05, 3.63) is 17.0 Å². The van der Waals surface area contributed by atoms with Crippen molar-refractivity contribution < 1.29 is 13.2 Å². The molecular formula is C13H18ClF3N4. The molecule has 118 valence electrons. The molecule has 1 aliphatic rings. The first kappa shape index (κ1) is 16.3. The Morgan fingerprint density at radius 1 is 1.33 bits per heavy atom. The monoisotopic (exact) mass is 322 g/mol. The minimum absolute atomic E-state index is 0.0992. The van der Waals surface area contributed by atoms with E-state index in [0.29, 0.717) is 12.6 Å². The van der Waals surface area contributed by atoms with Crippen molar-refractivity contribution in [2.24, 2.45) is 0 Å². The van der Waals surface area contributed by atoms with E-state index in [1.54, 1.807) is 0 Å². The molecule has 1 fully saturated rings. The van der Waals surface area contributed by atoms with Crippen molar-refractivity contribution in [2.75, 3.05) is 25.5 Å². The van der Waals surface area contributed by atoms with Crippen LogP contribution in [-0.4, -0.2) is 41.0 Å². The lowest BCUT2D eigenvalue weighted by Crippen LogP contribution is -2.33. The molecule has 0 amide bonds. The summed E-state index contributed by atoms with van der Waals surface area (Å²) in [6.45, 7) is 1.26. The van der Waals surface area contributed by atoms with Gasteiger partial charge in [-0.15, -0.1) is 0 Å². The van der Waals surface area contributed by atoms with Crippen LogP contribution in [0.4, 0.5) is 19.0 Å². The summed E-state index contributed by atoms with van der Waals surface area (Å²) >= 11 is 5.53. The molecule has 1 aromatic heterocycles. The zero-order chi connectivity index (χ0) is 15.5. The van der Waals surface area contributed by atoms with E-state index in [2.05, 4.69) is 20.2 Å². The highest BCUT2D eigenvalue weighted by Crippen LogP contribution is 2.29. The van der Waals surface area contributed by atoms with Gasteiger partial charge < -0.3 is 10.2 Å². The molecule has 0 saturated heterocycles. The van der Waals surface area contributed by atoms with E-state index in [9.17, 15) is 13.2 Å². The predicted octanol–water partition coefficient (Wildman–Crippen LogP) is 3.44. The first-order valence-electron chi connectivity index (χ1n) is 6.92. The van der Waals surface area contributed by atoms with Crippen LogP contribution >= 0.6 is 11.6 Å². The average molecular weight is 323 g/mol. The van der Waals surface area contributed by atoms with Gasteiger partial charge in [0.05, 0.1) is 0 Å². The molecule has 1 saturated carbocycles. The van der Waals surface area contributed by atoms with Gasteiger partial charge in [-0.3, -0.25) is 0 Å². The molecule has 0 bridgehead atoms. The van der Waals surface area contributed by atoms with Gasteiger partial charge in [-0.25, -0.2) is 9.97 Å². The first-order chi connectivity index (χ1) is 9.86. The molecule has 2 rings (SSSR count). The van der Waals surface area contributed by atoms with Gasteiger partial charge in [0.25, 0.3) is 0 Å². The lowest BCUT2D eigenvalue weighted by Gasteiger charge is -2.24. The molecule has 0 atom stereocenters. The van der Waals surface area contributed by atoms with Gasteiger partial charge in [-0.1, -0.05) is 12.8 Å². The Bertz CT molecular complexity index is 475. The zero-order valence-electron chi connectivity index (χ0n) is 11.8. The Morgan fingerprint density at radius 2 is 2.00 bits per heavy atom. The maximum absolute atomic E-state index is 12.6. The molecule has 0 aromatic carbocycles. The molecule has 1 N–H and O–H groups in total. The normalized spacial score (nSPS) is 16.7. The van der Waals surface area contributed by atoms with Gasteiger partial charge in [-0.05, 0) is 31.5 Å². The molecule has 8 heteroatoms. The third-order valence-corrected chi connectivity index (χ3v) is 3.88. The summed E-state index contributed by atoms with van der Waals surface area (Å²) in [5.41, 5.74) is -1.03. The third-order valence-electron chi connectivity index (χ3n) is 3.71. The van der Waals surface area contributed by atoms with E-state index < -0.39 is 17.2 Å². The number of anilines is 1. The number of nitrogens with zero attached hydrogens (tertiary/aromatic N) is 3. The van der Waals surface area contributed by atoms with Crippen LogP contribution in [0.5, 0.6) is 0 Å². The van der Waals surface area contributed by atoms with Gasteiger partial charge >= 0.3 is 6.18 Å². The smallest absolute Gasteiger partial charge is 0.369 e. The number of nitrogens with one attached hydrogen (secondary N) is 1. The van der Waals surface area contributed by atoms with Crippen LogP contribution in [-0.2, 0) is 6.18 Å². The second kappa shape index (κ2) is 6.79. The van der Waals surface area contributed by atoms with E-state index >= 15 is 0 Å². The van der Waals surface area contributed by atoms with Crippen molar-refractivity contribution in [3.63, 3.8) is 0 Å². The molecular weight excluding hydrogens is 305 g/mol. The fraction of sp³-hybridized carbons (Fsp3) is 0.692. The molecule has 0 radical (unpaired) electrons. The predicted molar refractivity (Wildman–Crippen MR) is 75.4 cm³/mol. The quantitative estimate of drug-likeness (QED) is 0.843. The van der Waals surface area contributed by atoms with Crippen LogP contribution in [0, 0.1) is 0 Å². The van der Waals surface area contributed by atoms with Crippen molar-refractivity contribution in [1.29, 1.82) is 0 Å². The number of likely N-dealkylation sites (N-methyl/N-ethyl adjacent to an activating group) is 1. The van der Waals surface area contributed by atoms with Crippen LogP contribution < -0.4 is 5.32 Å². The summed E-state index contributed by atoms with van der Waals surface area (Å²) in [6.07, 6.45) is 0.351. The molecule has 1 aliphatic carbocycles. The summed E-state index contributed by atoms with van der Waals surface area (Å²) < 4.78 is 37.9. The highest BCUT2D eigenvalue weighted by Gasteiger charge is 2.33. The maximum Gasteiger partial charge on any atom is 0.433 e. The fourth-order valence-corrected chi connectivity index (χ4v) is 2.72. The SMILES string of the molecule is CN(CCNc1cc(C(F)(F)F)nc(Cl)n1)C1CCCC1. The standard InChI is InChI=1S/C13H18ClF3N4/c1-21(9-4-2-3-5-9)7-6-18-11-8-10(13(15,16)17)19-12(14)20-11/h8-9H,2-7H2,1H3,(H,18,19,20). The topological polar surface area (TPSA) is 41.0 Å². The summed E-state index contributed by atoms with van der Waals surface area (Å²) in [6, 6.07) is 1.45. The summed E-state index contributed by atoms with van der Waals surface area (Å²) in [7, 11) is 2.03. The van der Waals surface area contributed by atoms with Gasteiger partial charge in [0, 0.05) is 25.2 Å². The number of hydrogen-bond acceptors (Lipinski definition) is 4. The van der Waals surface area contributed by atoms with Crippen molar-refractivity contribution in [3.8, 4) is 0 Å². The number of rotatable bonds is 5. The maximum atomic E-state index is 12.6. The van der Waals surface area contributed by atoms with E-state index in [-0.39, 0.29) is 5.82 Å².